The molecule has 0 saturated heterocycles. The van der Waals surface area contributed by atoms with Crippen molar-refractivity contribution in [3.63, 3.8) is 0 Å². The fourth-order valence-electron chi connectivity index (χ4n) is 1.34. The third kappa shape index (κ3) is 2.30. The molecule has 2 aromatic heterocycles. The van der Waals surface area contributed by atoms with E-state index in [2.05, 4.69) is 15.0 Å². The highest BCUT2D eigenvalue weighted by atomic mass is 32.1. The minimum Gasteiger partial charge on any atom is -0.480 e. The second-order valence-electron chi connectivity index (χ2n) is 3.35. The van der Waals surface area contributed by atoms with Gasteiger partial charge in [-0.3, -0.25) is 4.79 Å². The van der Waals surface area contributed by atoms with Crippen LogP contribution in [0.25, 0.3) is 0 Å². The van der Waals surface area contributed by atoms with Gasteiger partial charge in [-0.05, 0) is 6.92 Å². The molecular formula is C11H11N3O3S. The van der Waals surface area contributed by atoms with Crippen LogP contribution in [0.1, 0.15) is 21.2 Å². The minimum absolute atomic E-state index is 0.128. The average Bonchev–Trinajstić information content (AvgIpc) is 2.83. The van der Waals surface area contributed by atoms with E-state index in [1.54, 1.807) is 5.38 Å². The number of carbonyl (C=O) groups excluding carboxylic acids is 1. The molecule has 0 aromatic carbocycles. The Kier molecular flexibility index (Phi) is 3.52. The molecule has 18 heavy (non-hydrogen) atoms. The average molecular weight is 265 g/mol. The summed E-state index contributed by atoms with van der Waals surface area (Å²) in [5.41, 5.74) is 0.471. The molecule has 0 atom stereocenters. The number of aromatic nitrogens is 3. The predicted molar refractivity (Wildman–Crippen MR) is 65.4 cm³/mol. The molecule has 0 aliphatic rings. The molecular weight excluding hydrogens is 254 g/mol. The number of rotatable bonds is 4. The van der Waals surface area contributed by atoms with Crippen LogP contribution in [0.5, 0.6) is 11.8 Å². The van der Waals surface area contributed by atoms with Gasteiger partial charge in [0.05, 0.1) is 25.4 Å². The van der Waals surface area contributed by atoms with Crippen LogP contribution in [0.4, 0.5) is 0 Å². The van der Waals surface area contributed by atoms with Gasteiger partial charge in [0.2, 0.25) is 17.5 Å². The molecule has 94 valence electrons. The SMILES string of the molecule is COc1cnc(C(=O)c2csc(C)n2)c(OC)n1. The Morgan fingerprint density at radius 3 is 2.61 bits per heavy atom. The van der Waals surface area contributed by atoms with Crippen LogP contribution >= 0.6 is 11.3 Å². The first-order valence-electron chi connectivity index (χ1n) is 5.07. The zero-order chi connectivity index (χ0) is 13.1. The zero-order valence-corrected chi connectivity index (χ0v) is 10.9. The fourth-order valence-corrected chi connectivity index (χ4v) is 1.94. The third-order valence-electron chi connectivity index (χ3n) is 2.19. The molecule has 0 fully saturated rings. The second-order valence-corrected chi connectivity index (χ2v) is 4.41. The quantitative estimate of drug-likeness (QED) is 0.780. The third-order valence-corrected chi connectivity index (χ3v) is 2.96. The first kappa shape index (κ1) is 12.4. The summed E-state index contributed by atoms with van der Waals surface area (Å²) in [6, 6.07) is 0. The summed E-state index contributed by atoms with van der Waals surface area (Å²) < 4.78 is 9.96. The van der Waals surface area contributed by atoms with Crippen molar-refractivity contribution in [2.75, 3.05) is 14.2 Å². The number of ketones is 1. The molecule has 0 amide bonds. The predicted octanol–water partition coefficient (Wildman–Crippen LogP) is 1.49. The number of aryl methyl sites for hydroxylation is 1. The summed E-state index contributed by atoms with van der Waals surface area (Å²) in [5, 5.41) is 2.50. The van der Waals surface area contributed by atoms with E-state index in [-0.39, 0.29) is 23.2 Å². The van der Waals surface area contributed by atoms with Gasteiger partial charge < -0.3 is 9.47 Å². The lowest BCUT2D eigenvalue weighted by atomic mass is 10.2. The molecule has 2 heterocycles. The van der Waals surface area contributed by atoms with E-state index in [1.807, 2.05) is 6.92 Å². The number of methoxy groups -OCH3 is 2. The highest BCUT2D eigenvalue weighted by Gasteiger charge is 2.20. The normalized spacial score (nSPS) is 10.2. The standard InChI is InChI=1S/C11H11N3O3S/c1-6-13-7(5-18-6)10(15)9-11(17-3)14-8(16-2)4-12-9/h4-5H,1-3H3. The minimum atomic E-state index is -0.314. The molecule has 7 heteroatoms. The van der Waals surface area contributed by atoms with Crippen molar-refractivity contribution in [2.24, 2.45) is 0 Å². The molecule has 0 bridgehead atoms. The van der Waals surface area contributed by atoms with Crippen molar-refractivity contribution < 1.29 is 14.3 Å². The van der Waals surface area contributed by atoms with Gasteiger partial charge in [-0.2, -0.15) is 4.98 Å². The molecule has 0 spiro atoms. The zero-order valence-electron chi connectivity index (χ0n) is 10.1. The summed E-state index contributed by atoms with van der Waals surface area (Å²) in [4.78, 5) is 24.3. The smallest absolute Gasteiger partial charge is 0.247 e. The maximum Gasteiger partial charge on any atom is 0.247 e. The van der Waals surface area contributed by atoms with E-state index in [4.69, 9.17) is 9.47 Å². The van der Waals surface area contributed by atoms with Crippen LogP contribution in [0.3, 0.4) is 0 Å². The monoisotopic (exact) mass is 265 g/mol. The lowest BCUT2D eigenvalue weighted by Crippen LogP contribution is -2.09. The van der Waals surface area contributed by atoms with Crippen molar-refractivity contribution in [3.05, 3.63) is 28.0 Å². The lowest BCUT2D eigenvalue weighted by Gasteiger charge is -2.05. The van der Waals surface area contributed by atoms with Crippen LogP contribution in [0.15, 0.2) is 11.6 Å². The van der Waals surface area contributed by atoms with Gasteiger partial charge in [0.15, 0.2) is 5.69 Å². The Bertz CT molecular complexity index is 583. The maximum absolute atomic E-state index is 12.2. The fraction of sp³-hybridized carbons (Fsp3) is 0.273. The Hall–Kier alpha value is -2.02. The molecule has 2 aromatic rings. The first-order valence-corrected chi connectivity index (χ1v) is 5.95. The van der Waals surface area contributed by atoms with E-state index in [0.29, 0.717) is 5.69 Å². The topological polar surface area (TPSA) is 74.2 Å². The van der Waals surface area contributed by atoms with Gasteiger partial charge in [0.25, 0.3) is 0 Å². The Morgan fingerprint density at radius 1 is 1.28 bits per heavy atom. The van der Waals surface area contributed by atoms with E-state index in [1.165, 1.54) is 31.8 Å². The van der Waals surface area contributed by atoms with Crippen LogP contribution in [0.2, 0.25) is 0 Å². The van der Waals surface area contributed by atoms with Gasteiger partial charge in [-0.25, -0.2) is 9.97 Å². The van der Waals surface area contributed by atoms with Crippen molar-refractivity contribution in [1.29, 1.82) is 0 Å². The van der Waals surface area contributed by atoms with Crippen LogP contribution in [0, 0.1) is 6.92 Å². The second kappa shape index (κ2) is 5.09. The van der Waals surface area contributed by atoms with Crippen LogP contribution in [-0.4, -0.2) is 35.0 Å². The van der Waals surface area contributed by atoms with Gasteiger partial charge >= 0.3 is 0 Å². The first-order chi connectivity index (χ1) is 8.65. The number of hydrogen-bond acceptors (Lipinski definition) is 7. The highest BCUT2D eigenvalue weighted by molar-refractivity contribution is 7.09. The molecule has 0 aliphatic heterocycles. The molecule has 0 aliphatic carbocycles. The van der Waals surface area contributed by atoms with Crippen LogP contribution < -0.4 is 9.47 Å². The Balaban J connectivity index is 2.41. The number of ether oxygens (including phenoxy) is 2. The summed E-state index contributed by atoms with van der Waals surface area (Å²) in [5.74, 6) is 0.106. The molecule has 0 saturated carbocycles. The molecule has 0 unspecified atom stereocenters. The summed E-state index contributed by atoms with van der Waals surface area (Å²) in [6.45, 7) is 1.83. The Labute approximate surface area is 108 Å². The van der Waals surface area contributed by atoms with Crippen molar-refractivity contribution in [3.8, 4) is 11.8 Å². The van der Waals surface area contributed by atoms with Gasteiger partial charge in [0.1, 0.15) is 5.69 Å². The van der Waals surface area contributed by atoms with E-state index >= 15 is 0 Å². The van der Waals surface area contributed by atoms with E-state index in [9.17, 15) is 4.79 Å². The highest BCUT2D eigenvalue weighted by Crippen LogP contribution is 2.20. The molecule has 0 N–H and O–H groups in total. The van der Waals surface area contributed by atoms with Crippen molar-refractivity contribution in [2.45, 2.75) is 6.92 Å². The van der Waals surface area contributed by atoms with Crippen molar-refractivity contribution >= 4 is 17.1 Å². The number of hydrogen-bond donors (Lipinski definition) is 0. The number of carbonyl (C=O) groups is 1. The number of thiazole rings is 1. The number of nitrogens with zero attached hydrogens (tertiary/aromatic N) is 3. The Morgan fingerprint density at radius 2 is 2.06 bits per heavy atom. The van der Waals surface area contributed by atoms with E-state index in [0.717, 1.165) is 5.01 Å². The molecule has 2 rings (SSSR count). The summed E-state index contributed by atoms with van der Waals surface area (Å²) in [6.07, 6.45) is 1.37. The van der Waals surface area contributed by atoms with Gasteiger partial charge in [0, 0.05) is 5.38 Å². The van der Waals surface area contributed by atoms with Crippen LogP contribution in [-0.2, 0) is 0 Å². The van der Waals surface area contributed by atoms with E-state index < -0.39 is 0 Å². The van der Waals surface area contributed by atoms with Crippen molar-refractivity contribution in [1.82, 2.24) is 15.0 Å². The van der Waals surface area contributed by atoms with Gasteiger partial charge in [-0.1, -0.05) is 0 Å². The largest absolute Gasteiger partial charge is 0.480 e. The lowest BCUT2D eigenvalue weighted by molar-refractivity contribution is 0.102. The molecule has 0 radical (unpaired) electrons. The maximum atomic E-state index is 12.2. The molecule has 6 nitrogen and oxygen atoms in total. The summed E-state index contributed by atoms with van der Waals surface area (Å²) >= 11 is 1.40. The summed E-state index contributed by atoms with van der Waals surface area (Å²) in [7, 11) is 2.89. The van der Waals surface area contributed by atoms with Gasteiger partial charge in [-0.15, -0.1) is 11.3 Å².